The fraction of sp³-hybridized carbons (Fsp3) is 0.417. The number of anilines is 1. The smallest absolute Gasteiger partial charge is 0.115 e. The van der Waals surface area contributed by atoms with Crippen molar-refractivity contribution in [3.8, 4) is 0 Å². The highest BCUT2D eigenvalue weighted by molar-refractivity contribution is 6.28. The van der Waals surface area contributed by atoms with Crippen LogP contribution in [0.1, 0.15) is 12.0 Å². The van der Waals surface area contributed by atoms with Crippen molar-refractivity contribution in [2.75, 3.05) is 24.4 Å². The molecule has 0 saturated heterocycles. The number of alkyl halides is 1. The van der Waals surface area contributed by atoms with Gasteiger partial charge in [0.25, 0.3) is 0 Å². The van der Waals surface area contributed by atoms with Gasteiger partial charge in [0, 0.05) is 19.3 Å². The Morgan fingerprint density at radius 1 is 1.56 bits per heavy atom. The van der Waals surface area contributed by atoms with Crippen LogP contribution in [0.15, 0.2) is 23.2 Å². The lowest BCUT2D eigenvalue weighted by Crippen LogP contribution is -2.24. The number of halogens is 1. The van der Waals surface area contributed by atoms with E-state index in [0.717, 1.165) is 18.7 Å². The van der Waals surface area contributed by atoms with Crippen LogP contribution < -0.4 is 10.6 Å². The number of aliphatic imine (C=N–C) groups is 1. The molecule has 86 valence electrons. The molecular weight excluding hydrogens is 222 g/mol. The van der Waals surface area contributed by atoms with E-state index >= 15 is 0 Å². The Balaban J connectivity index is 2.34. The van der Waals surface area contributed by atoms with Crippen molar-refractivity contribution in [1.29, 1.82) is 0 Å². The van der Waals surface area contributed by atoms with E-state index in [4.69, 9.17) is 17.3 Å². The van der Waals surface area contributed by atoms with Gasteiger partial charge >= 0.3 is 0 Å². The first-order valence-corrected chi connectivity index (χ1v) is 5.97. The number of hydrogen-bond acceptors (Lipinski definition) is 2. The largest absolute Gasteiger partial charge is 0.386 e. The molecule has 2 rings (SSSR count). The van der Waals surface area contributed by atoms with Gasteiger partial charge in [0.05, 0.1) is 11.6 Å². The van der Waals surface area contributed by atoms with Crippen LogP contribution in [0, 0.1) is 0 Å². The van der Waals surface area contributed by atoms with Gasteiger partial charge in [0.2, 0.25) is 0 Å². The van der Waals surface area contributed by atoms with Crippen LogP contribution in [-0.2, 0) is 6.42 Å². The van der Waals surface area contributed by atoms with Crippen LogP contribution in [0.25, 0.3) is 0 Å². The molecule has 1 aliphatic heterocycles. The number of rotatable bonds is 2. The maximum Gasteiger partial charge on any atom is 0.115 e. The van der Waals surface area contributed by atoms with Gasteiger partial charge in [-0.15, -0.1) is 11.6 Å². The molecule has 1 aromatic rings. The van der Waals surface area contributed by atoms with Crippen molar-refractivity contribution < 1.29 is 0 Å². The summed E-state index contributed by atoms with van der Waals surface area (Å²) in [5.74, 6) is 0.729. The van der Waals surface area contributed by atoms with Crippen molar-refractivity contribution in [3.05, 3.63) is 23.8 Å². The summed E-state index contributed by atoms with van der Waals surface area (Å²) in [5.41, 5.74) is 9.15. The van der Waals surface area contributed by atoms with Crippen molar-refractivity contribution in [2.24, 2.45) is 10.7 Å². The zero-order chi connectivity index (χ0) is 11.5. The predicted octanol–water partition coefficient (Wildman–Crippen LogP) is 2.30. The average Bonchev–Trinajstić information content (AvgIpc) is 2.30. The van der Waals surface area contributed by atoms with E-state index in [0.29, 0.717) is 5.84 Å². The summed E-state index contributed by atoms with van der Waals surface area (Å²) in [6.45, 7) is 1.10. The minimum absolute atomic E-state index is 0.271. The van der Waals surface area contributed by atoms with E-state index in [-0.39, 0.29) is 5.88 Å². The Morgan fingerprint density at radius 2 is 2.38 bits per heavy atom. The topological polar surface area (TPSA) is 41.6 Å². The number of hydrogen-bond donors (Lipinski definition) is 1. The summed E-state index contributed by atoms with van der Waals surface area (Å²) >= 11 is 5.61. The molecule has 1 aromatic carbocycles. The van der Waals surface area contributed by atoms with Gasteiger partial charge in [0.1, 0.15) is 5.84 Å². The summed E-state index contributed by atoms with van der Waals surface area (Å²) in [7, 11) is 2.11. The molecule has 0 aliphatic carbocycles. The zero-order valence-corrected chi connectivity index (χ0v) is 10.2. The van der Waals surface area contributed by atoms with Crippen LogP contribution in [0.5, 0.6) is 0 Å². The summed E-state index contributed by atoms with van der Waals surface area (Å²) in [4.78, 5) is 6.51. The SMILES string of the molecule is CN1CCCc2ccc(N=C(N)CCl)cc21. The first-order valence-electron chi connectivity index (χ1n) is 5.44. The van der Waals surface area contributed by atoms with Crippen LogP contribution in [0.3, 0.4) is 0 Å². The molecule has 0 unspecified atom stereocenters. The number of amidine groups is 1. The molecule has 1 aliphatic rings. The van der Waals surface area contributed by atoms with Crippen molar-refractivity contribution in [3.63, 3.8) is 0 Å². The van der Waals surface area contributed by atoms with Gasteiger partial charge in [0.15, 0.2) is 0 Å². The number of fused-ring (bicyclic) bond motifs is 1. The fourth-order valence-electron chi connectivity index (χ4n) is 2.01. The number of benzene rings is 1. The maximum absolute atomic E-state index is 5.62. The number of nitrogens with zero attached hydrogens (tertiary/aromatic N) is 2. The maximum atomic E-state index is 5.62. The fourth-order valence-corrected chi connectivity index (χ4v) is 2.07. The standard InChI is InChI=1S/C12H16ClN3/c1-16-6-2-3-9-4-5-10(7-11(9)16)15-12(14)8-13/h4-5,7H,2-3,6,8H2,1H3,(H2,14,15). The van der Waals surface area contributed by atoms with Gasteiger partial charge in [-0.1, -0.05) is 6.07 Å². The normalized spacial score (nSPS) is 16.1. The molecule has 16 heavy (non-hydrogen) atoms. The first kappa shape index (κ1) is 11.3. The Bertz CT molecular complexity index is 415. The van der Waals surface area contributed by atoms with E-state index < -0.39 is 0 Å². The summed E-state index contributed by atoms with van der Waals surface area (Å²) < 4.78 is 0. The van der Waals surface area contributed by atoms with Crippen molar-refractivity contribution >= 4 is 28.8 Å². The highest BCUT2D eigenvalue weighted by Crippen LogP contribution is 2.29. The molecule has 0 atom stereocenters. The molecule has 2 N–H and O–H groups in total. The third-order valence-electron chi connectivity index (χ3n) is 2.83. The summed E-state index contributed by atoms with van der Waals surface area (Å²) in [6, 6.07) is 6.21. The molecule has 1 heterocycles. The Kier molecular flexibility index (Phi) is 3.34. The molecule has 0 fully saturated rings. The van der Waals surface area contributed by atoms with Crippen molar-refractivity contribution in [1.82, 2.24) is 0 Å². The molecule has 0 bridgehead atoms. The number of aryl methyl sites for hydroxylation is 1. The molecular formula is C12H16ClN3. The highest BCUT2D eigenvalue weighted by atomic mass is 35.5. The van der Waals surface area contributed by atoms with Crippen LogP contribution in [-0.4, -0.2) is 25.3 Å². The van der Waals surface area contributed by atoms with Gasteiger partial charge in [-0.05, 0) is 30.5 Å². The minimum atomic E-state index is 0.271. The second kappa shape index (κ2) is 4.74. The van der Waals surface area contributed by atoms with Crippen molar-refractivity contribution in [2.45, 2.75) is 12.8 Å². The van der Waals surface area contributed by atoms with E-state index in [1.807, 2.05) is 6.07 Å². The molecule has 3 nitrogen and oxygen atoms in total. The van der Waals surface area contributed by atoms with Crippen LogP contribution in [0.4, 0.5) is 11.4 Å². The van der Waals surface area contributed by atoms with Gasteiger partial charge in [-0.2, -0.15) is 0 Å². The monoisotopic (exact) mass is 237 g/mol. The second-order valence-electron chi connectivity index (χ2n) is 4.07. The van der Waals surface area contributed by atoms with E-state index in [1.54, 1.807) is 0 Å². The lowest BCUT2D eigenvalue weighted by atomic mass is 10.0. The zero-order valence-electron chi connectivity index (χ0n) is 9.41. The van der Waals surface area contributed by atoms with Crippen LogP contribution >= 0.6 is 11.6 Å². The second-order valence-corrected chi connectivity index (χ2v) is 4.34. The minimum Gasteiger partial charge on any atom is -0.386 e. The predicted molar refractivity (Wildman–Crippen MR) is 70.0 cm³/mol. The van der Waals surface area contributed by atoms with Gasteiger partial charge in [-0.25, -0.2) is 4.99 Å². The summed E-state index contributed by atoms with van der Waals surface area (Å²) in [5, 5.41) is 0. The molecule has 0 saturated carbocycles. The Morgan fingerprint density at radius 3 is 3.12 bits per heavy atom. The average molecular weight is 238 g/mol. The van der Waals surface area contributed by atoms with E-state index in [2.05, 4.69) is 29.1 Å². The van der Waals surface area contributed by atoms with E-state index in [1.165, 1.54) is 17.7 Å². The third-order valence-corrected chi connectivity index (χ3v) is 3.10. The lowest BCUT2D eigenvalue weighted by molar-refractivity contribution is 0.744. The summed E-state index contributed by atoms with van der Waals surface area (Å²) in [6.07, 6.45) is 2.37. The van der Waals surface area contributed by atoms with Crippen LogP contribution in [0.2, 0.25) is 0 Å². The third kappa shape index (κ3) is 2.30. The van der Waals surface area contributed by atoms with E-state index in [9.17, 15) is 0 Å². The molecule has 0 aromatic heterocycles. The lowest BCUT2D eigenvalue weighted by Gasteiger charge is -2.27. The van der Waals surface area contributed by atoms with Gasteiger partial charge in [-0.3, -0.25) is 0 Å². The first-order chi connectivity index (χ1) is 7.70. The number of nitrogens with two attached hydrogens (primary N) is 1. The molecule has 0 amide bonds. The quantitative estimate of drug-likeness (QED) is 0.487. The Labute approximate surface area is 101 Å². The molecule has 0 radical (unpaired) electrons. The van der Waals surface area contributed by atoms with Gasteiger partial charge < -0.3 is 10.6 Å². The molecule has 4 heteroatoms. The highest BCUT2D eigenvalue weighted by Gasteiger charge is 2.13. The molecule has 0 spiro atoms. The Hall–Kier alpha value is -1.22.